The summed E-state index contributed by atoms with van der Waals surface area (Å²) in [5.74, 6) is 0.873. The summed E-state index contributed by atoms with van der Waals surface area (Å²) in [6.07, 6.45) is 8.02. The number of aryl methyl sites for hydroxylation is 1. The van der Waals surface area contributed by atoms with Crippen molar-refractivity contribution in [1.29, 1.82) is 0 Å². The first-order valence-electron chi connectivity index (χ1n) is 12.4. The van der Waals surface area contributed by atoms with Crippen LogP contribution in [0.4, 0.5) is 4.79 Å². The van der Waals surface area contributed by atoms with Crippen LogP contribution in [0.25, 0.3) is 10.8 Å². The molecule has 0 aromatic heterocycles. The Labute approximate surface area is 198 Å². The lowest BCUT2D eigenvalue weighted by molar-refractivity contribution is 0.0695. The summed E-state index contributed by atoms with van der Waals surface area (Å²) in [6, 6.07) is 12.1. The minimum Gasteiger partial charge on any atom is -0.493 e. The summed E-state index contributed by atoms with van der Waals surface area (Å²) >= 11 is 0. The Kier molecular flexibility index (Phi) is 12.0. The molecule has 0 aliphatic carbocycles. The molecule has 184 valence electrons. The van der Waals surface area contributed by atoms with Gasteiger partial charge in [-0.1, -0.05) is 76.3 Å². The minimum atomic E-state index is -1.14. The SMILES string of the molecule is CCCCCCCOc1ccc(CCC(CO)(CO)NC(=O)OCCCC)c2ccccc12. The zero-order chi connectivity index (χ0) is 23.9. The van der Waals surface area contributed by atoms with Crippen molar-refractivity contribution in [2.75, 3.05) is 26.4 Å². The predicted octanol–water partition coefficient (Wildman–Crippen LogP) is 5.37. The average Bonchev–Trinajstić information content (AvgIpc) is 2.84. The number of aliphatic hydroxyl groups excluding tert-OH is 2. The number of amides is 1. The Hall–Kier alpha value is -2.31. The van der Waals surface area contributed by atoms with E-state index in [4.69, 9.17) is 9.47 Å². The van der Waals surface area contributed by atoms with Crippen LogP contribution in [0.1, 0.15) is 70.8 Å². The first-order valence-corrected chi connectivity index (χ1v) is 12.4. The number of alkyl carbamates (subject to hydrolysis) is 1. The van der Waals surface area contributed by atoms with Crippen molar-refractivity contribution in [3.05, 3.63) is 42.0 Å². The summed E-state index contributed by atoms with van der Waals surface area (Å²) in [7, 11) is 0. The normalized spacial score (nSPS) is 11.5. The van der Waals surface area contributed by atoms with Gasteiger partial charge in [-0.25, -0.2) is 4.79 Å². The van der Waals surface area contributed by atoms with Gasteiger partial charge in [-0.05, 0) is 42.7 Å². The molecule has 0 fully saturated rings. The number of benzene rings is 2. The molecular formula is C27H41NO5. The molecule has 0 aliphatic heterocycles. The van der Waals surface area contributed by atoms with E-state index in [0.717, 1.165) is 41.3 Å². The maximum Gasteiger partial charge on any atom is 0.407 e. The van der Waals surface area contributed by atoms with Crippen LogP contribution in [0.5, 0.6) is 5.75 Å². The van der Waals surface area contributed by atoms with Crippen molar-refractivity contribution in [2.24, 2.45) is 0 Å². The fraction of sp³-hybridized carbons (Fsp3) is 0.593. The summed E-state index contributed by atoms with van der Waals surface area (Å²) in [4.78, 5) is 12.1. The van der Waals surface area contributed by atoms with E-state index < -0.39 is 11.6 Å². The molecule has 3 N–H and O–H groups in total. The molecule has 1 amide bonds. The standard InChI is InChI=1S/C27H41NO5/c1-3-5-7-8-11-19-32-25-15-14-22(23-12-9-10-13-24(23)25)16-17-27(20-29,21-30)28-26(31)33-18-6-4-2/h9-10,12-15,29-30H,3-8,11,16-21H2,1-2H3,(H,28,31). The summed E-state index contributed by atoms with van der Waals surface area (Å²) in [6.45, 7) is 4.51. The number of fused-ring (bicyclic) bond motifs is 1. The minimum absolute atomic E-state index is 0.319. The van der Waals surface area contributed by atoms with E-state index in [1.165, 1.54) is 25.7 Å². The zero-order valence-corrected chi connectivity index (χ0v) is 20.3. The number of carbonyl (C=O) groups excluding carboxylic acids is 1. The van der Waals surface area contributed by atoms with Gasteiger partial charge in [-0.3, -0.25) is 0 Å². The molecule has 2 rings (SSSR count). The maximum absolute atomic E-state index is 12.1. The Bertz CT molecular complexity index is 834. The van der Waals surface area contributed by atoms with Crippen molar-refractivity contribution in [3.8, 4) is 5.75 Å². The van der Waals surface area contributed by atoms with Gasteiger partial charge in [-0.15, -0.1) is 0 Å². The van der Waals surface area contributed by atoms with Gasteiger partial charge in [0.2, 0.25) is 0 Å². The average molecular weight is 460 g/mol. The van der Waals surface area contributed by atoms with Crippen LogP contribution < -0.4 is 10.1 Å². The van der Waals surface area contributed by atoms with Gasteiger partial charge in [0.1, 0.15) is 5.75 Å². The van der Waals surface area contributed by atoms with Crippen LogP contribution in [0.15, 0.2) is 36.4 Å². The number of ether oxygens (including phenoxy) is 2. The number of aliphatic hydroxyl groups is 2. The molecule has 0 saturated heterocycles. The van der Waals surface area contributed by atoms with Gasteiger partial charge in [0.05, 0.1) is 32.0 Å². The molecule has 0 atom stereocenters. The molecule has 6 heteroatoms. The molecule has 0 bridgehead atoms. The third-order valence-electron chi connectivity index (χ3n) is 6.06. The molecule has 0 radical (unpaired) electrons. The number of rotatable bonds is 16. The van der Waals surface area contributed by atoms with Crippen LogP contribution in [0, 0.1) is 0 Å². The number of carbonyl (C=O) groups is 1. The molecule has 2 aromatic rings. The fourth-order valence-corrected chi connectivity index (χ4v) is 3.85. The number of hydrogen-bond donors (Lipinski definition) is 3. The first-order chi connectivity index (χ1) is 16.1. The quantitative estimate of drug-likeness (QED) is 0.294. The molecule has 0 aliphatic rings. The van der Waals surface area contributed by atoms with Crippen molar-refractivity contribution < 1.29 is 24.5 Å². The molecule has 2 aromatic carbocycles. The van der Waals surface area contributed by atoms with Crippen LogP contribution >= 0.6 is 0 Å². The van der Waals surface area contributed by atoms with E-state index in [2.05, 4.69) is 24.4 Å². The van der Waals surface area contributed by atoms with E-state index in [0.29, 0.717) is 26.1 Å². The summed E-state index contributed by atoms with van der Waals surface area (Å²) in [5, 5.41) is 24.7. The maximum atomic E-state index is 12.1. The smallest absolute Gasteiger partial charge is 0.407 e. The molecule has 0 heterocycles. The zero-order valence-electron chi connectivity index (χ0n) is 20.3. The van der Waals surface area contributed by atoms with Gasteiger partial charge in [-0.2, -0.15) is 0 Å². The molecule has 0 spiro atoms. The van der Waals surface area contributed by atoms with Crippen molar-refractivity contribution in [1.82, 2.24) is 5.32 Å². The monoisotopic (exact) mass is 459 g/mol. The lowest BCUT2D eigenvalue weighted by Crippen LogP contribution is -2.54. The van der Waals surface area contributed by atoms with Gasteiger partial charge in [0.25, 0.3) is 0 Å². The van der Waals surface area contributed by atoms with E-state index in [9.17, 15) is 15.0 Å². The Morgan fingerprint density at radius 2 is 1.58 bits per heavy atom. The van der Waals surface area contributed by atoms with Crippen LogP contribution in [0.3, 0.4) is 0 Å². The fourth-order valence-electron chi connectivity index (χ4n) is 3.85. The summed E-state index contributed by atoms with van der Waals surface area (Å²) in [5.41, 5.74) is -0.0637. The molecule has 0 unspecified atom stereocenters. The van der Waals surface area contributed by atoms with E-state index in [-0.39, 0.29) is 13.2 Å². The highest BCUT2D eigenvalue weighted by molar-refractivity contribution is 5.91. The second-order valence-electron chi connectivity index (χ2n) is 8.74. The van der Waals surface area contributed by atoms with Crippen molar-refractivity contribution >= 4 is 16.9 Å². The third-order valence-corrected chi connectivity index (χ3v) is 6.06. The van der Waals surface area contributed by atoms with Crippen LogP contribution in [-0.2, 0) is 11.2 Å². The molecule has 0 saturated carbocycles. The van der Waals surface area contributed by atoms with E-state index in [1.807, 2.05) is 31.2 Å². The van der Waals surface area contributed by atoms with Gasteiger partial charge in [0.15, 0.2) is 0 Å². The van der Waals surface area contributed by atoms with Gasteiger partial charge >= 0.3 is 6.09 Å². The molecule has 33 heavy (non-hydrogen) atoms. The molecular weight excluding hydrogens is 418 g/mol. The molecule has 6 nitrogen and oxygen atoms in total. The largest absolute Gasteiger partial charge is 0.493 e. The predicted molar refractivity (Wildman–Crippen MR) is 133 cm³/mol. The lowest BCUT2D eigenvalue weighted by Gasteiger charge is -2.30. The second kappa shape index (κ2) is 14.8. The first kappa shape index (κ1) is 26.9. The highest BCUT2D eigenvalue weighted by Gasteiger charge is 2.31. The highest BCUT2D eigenvalue weighted by atomic mass is 16.5. The van der Waals surface area contributed by atoms with Crippen molar-refractivity contribution in [2.45, 2.75) is 77.2 Å². The Morgan fingerprint density at radius 1 is 0.879 bits per heavy atom. The number of hydrogen-bond acceptors (Lipinski definition) is 5. The van der Waals surface area contributed by atoms with E-state index in [1.54, 1.807) is 0 Å². The van der Waals surface area contributed by atoms with E-state index >= 15 is 0 Å². The van der Waals surface area contributed by atoms with Gasteiger partial charge < -0.3 is 25.0 Å². The number of unbranched alkanes of at least 4 members (excludes halogenated alkanes) is 5. The highest BCUT2D eigenvalue weighted by Crippen LogP contribution is 2.30. The summed E-state index contributed by atoms with van der Waals surface area (Å²) < 4.78 is 11.2. The third kappa shape index (κ3) is 8.52. The topological polar surface area (TPSA) is 88.0 Å². The lowest BCUT2D eigenvalue weighted by atomic mass is 9.91. The second-order valence-corrected chi connectivity index (χ2v) is 8.74. The van der Waals surface area contributed by atoms with Crippen LogP contribution in [0.2, 0.25) is 0 Å². The van der Waals surface area contributed by atoms with Crippen LogP contribution in [-0.4, -0.2) is 48.3 Å². The number of nitrogens with one attached hydrogen (secondary N) is 1. The Balaban J connectivity index is 2.05. The van der Waals surface area contributed by atoms with Gasteiger partial charge in [0, 0.05) is 5.39 Å². The Morgan fingerprint density at radius 3 is 2.27 bits per heavy atom. The van der Waals surface area contributed by atoms with Crippen molar-refractivity contribution in [3.63, 3.8) is 0 Å².